The van der Waals surface area contributed by atoms with Crippen molar-refractivity contribution in [2.24, 2.45) is 5.73 Å². The minimum Gasteiger partial charge on any atom is -0.467 e. The van der Waals surface area contributed by atoms with Gasteiger partial charge in [0.1, 0.15) is 0 Å². The first-order chi connectivity index (χ1) is 14.8. The molecule has 2 aromatic heterocycles. The van der Waals surface area contributed by atoms with E-state index in [-0.39, 0.29) is 22.4 Å². The number of carbonyl (C=O) groups excluding carboxylic acids is 1. The first-order valence-corrected chi connectivity index (χ1v) is 8.90. The van der Waals surface area contributed by atoms with Crippen molar-refractivity contribution in [1.29, 1.82) is 0 Å². The standard InChI is InChI=1S/C18H11ClF6N4O3/c19-9-3-1-8(2-4-9)13-11(5-10-6-12(32-29-10)18(23,24)25)16(31-7-17(20,21)22)28-27-14(13)15(26)30/h1-4,6H,5,7H2,(H2,26,30). The molecular formula is C18H11ClF6N4O3. The fraction of sp³-hybridized carbons (Fsp3) is 0.222. The second-order valence-corrected chi connectivity index (χ2v) is 6.78. The van der Waals surface area contributed by atoms with Crippen LogP contribution >= 0.6 is 11.6 Å². The Hall–Kier alpha value is -3.35. The van der Waals surface area contributed by atoms with Crippen LogP contribution in [0.3, 0.4) is 0 Å². The summed E-state index contributed by atoms with van der Waals surface area (Å²) in [5.74, 6) is -3.17. The summed E-state index contributed by atoms with van der Waals surface area (Å²) in [6.45, 7) is -1.77. The van der Waals surface area contributed by atoms with E-state index in [1.54, 1.807) is 0 Å². The van der Waals surface area contributed by atoms with Gasteiger partial charge in [-0.25, -0.2) is 0 Å². The van der Waals surface area contributed by atoms with Crippen LogP contribution in [0.2, 0.25) is 5.02 Å². The highest BCUT2D eigenvalue weighted by Crippen LogP contribution is 2.36. The van der Waals surface area contributed by atoms with Gasteiger partial charge >= 0.3 is 12.4 Å². The molecule has 7 nitrogen and oxygen atoms in total. The fourth-order valence-electron chi connectivity index (χ4n) is 2.70. The highest BCUT2D eigenvalue weighted by atomic mass is 35.5. The largest absolute Gasteiger partial charge is 0.467 e. The lowest BCUT2D eigenvalue weighted by molar-refractivity contribution is -0.155. The van der Waals surface area contributed by atoms with Gasteiger partial charge in [-0.1, -0.05) is 28.9 Å². The molecule has 0 saturated heterocycles. The predicted octanol–water partition coefficient (Wildman–Crippen LogP) is 4.43. The first kappa shape index (κ1) is 23.3. The van der Waals surface area contributed by atoms with E-state index < -0.39 is 48.6 Å². The lowest BCUT2D eigenvalue weighted by Gasteiger charge is -2.16. The molecule has 3 aromatic rings. The maximum absolute atomic E-state index is 12.8. The van der Waals surface area contributed by atoms with Crippen LogP contribution in [0.15, 0.2) is 34.9 Å². The summed E-state index contributed by atoms with van der Waals surface area (Å²) >= 11 is 5.85. The van der Waals surface area contributed by atoms with Crippen molar-refractivity contribution in [1.82, 2.24) is 15.4 Å². The molecule has 3 rings (SSSR count). The number of nitrogens with two attached hydrogens (primary N) is 1. The van der Waals surface area contributed by atoms with Gasteiger partial charge in [0, 0.05) is 28.6 Å². The van der Waals surface area contributed by atoms with E-state index in [9.17, 15) is 31.1 Å². The zero-order valence-electron chi connectivity index (χ0n) is 15.6. The Bertz CT molecular complexity index is 1130. The molecule has 2 heterocycles. The highest BCUT2D eigenvalue weighted by Gasteiger charge is 2.36. The van der Waals surface area contributed by atoms with Crippen LogP contribution in [0, 0.1) is 0 Å². The maximum Gasteiger partial charge on any atom is 0.452 e. The third kappa shape index (κ3) is 5.46. The van der Waals surface area contributed by atoms with E-state index in [0.717, 1.165) is 0 Å². The summed E-state index contributed by atoms with van der Waals surface area (Å²) < 4.78 is 85.6. The zero-order chi connectivity index (χ0) is 23.7. The van der Waals surface area contributed by atoms with E-state index >= 15 is 0 Å². The normalized spacial score (nSPS) is 12.1. The molecular weight excluding hydrogens is 470 g/mol. The van der Waals surface area contributed by atoms with Crippen LogP contribution in [-0.4, -0.2) is 34.0 Å². The Balaban J connectivity index is 2.18. The molecule has 0 bridgehead atoms. The average Bonchev–Trinajstić information content (AvgIpc) is 3.16. The molecule has 0 saturated carbocycles. The van der Waals surface area contributed by atoms with Gasteiger partial charge < -0.3 is 15.0 Å². The molecule has 32 heavy (non-hydrogen) atoms. The third-order valence-electron chi connectivity index (χ3n) is 3.97. The van der Waals surface area contributed by atoms with E-state index in [2.05, 4.69) is 19.9 Å². The molecule has 1 amide bonds. The SMILES string of the molecule is NC(=O)c1nnc(OCC(F)(F)F)c(Cc2cc(C(F)(F)F)on2)c1-c1ccc(Cl)cc1. The molecule has 0 aliphatic rings. The molecule has 0 aliphatic heterocycles. The van der Waals surface area contributed by atoms with Crippen LogP contribution in [0.1, 0.15) is 27.5 Å². The van der Waals surface area contributed by atoms with E-state index in [1.165, 1.54) is 24.3 Å². The van der Waals surface area contributed by atoms with Crippen molar-refractivity contribution in [3.05, 3.63) is 58.1 Å². The topological polar surface area (TPSA) is 104 Å². The zero-order valence-corrected chi connectivity index (χ0v) is 16.3. The van der Waals surface area contributed by atoms with Gasteiger partial charge in [-0.2, -0.15) is 26.3 Å². The van der Waals surface area contributed by atoms with Gasteiger partial charge in [-0.05, 0) is 17.7 Å². The van der Waals surface area contributed by atoms with Gasteiger partial charge in [-0.3, -0.25) is 4.79 Å². The third-order valence-corrected chi connectivity index (χ3v) is 4.22. The predicted molar refractivity (Wildman–Crippen MR) is 96.9 cm³/mol. The quantitative estimate of drug-likeness (QED) is 0.523. The number of aromatic nitrogens is 3. The van der Waals surface area contributed by atoms with Gasteiger partial charge in [0.2, 0.25) is 11.6 Å². The molecule has 0 spiro atoms. The summed E-state index contributed by atoms with van der Waals surface area (Å²) in [7, 11) is 0. The van der Waals surface area contributed by atoms with Crippen LogP contribution in [-0.2, 0) is 12.6 Å². The van der Waals surface area contributed by atoms with E-state index in [1.807, 2.05) is 0 Å². The minimum absolute atomic E-state index is 0.0992. The number of primary amides is 1. The van der Waals surface area contributed by atoms with Crippen LogP contribution < -0.4 is 10.5 Å². The maximum atomic E-state index is 12.8. The number of ether oxygens (including phenoxy) is 1. The number of alkyl halides is 6. The number of nitrogens with zero attached hydrogens (tertiary/aromatic N) is 3. The number of hydrogen-bond acceptors (Lipinski definition) is 6. The van der Waals surface area contributed by atoms with Gasteiger partial charge in [0.05, 0.1) is 5.69 Å². The molecule has 14 heteroatoms. The van der Waals surface area contributed by atoms with Crippen molar-refractivity contribution in [2.75, 3.05) is 6.61 Å². The number of amides is 1. The lowest BCUT2D eigenvalue weighted by Crippen LogP contribution is -2.22. The minimum atomic E-state index is -4.84. The summed E-state index contributed by atoms with van der Waals surface area (Å²) in [6.07, 6.45) is -10.1. The average molecular weight is 481 g/mol. The number of halogens is 7. The summed E-state index contributed by atoms with van der Waals surface area (Å²) in [5.41, 5.74) is 4.49. The van der Waals surface area contributed by atoms with E-state index in [0.29, 0.717) is 11.1 Å². The van der Waals surface area contributed by atoms with Gasteiger partial charge in [0.25, 0.3) is 5.91 Å². The Morgan fingerprint density at radius 1 is 1.09 bits per heavy atom. The van der Waals surface area contributed by atoms with Gasteiger partial charge in [-0.15, -0.1) is 10.2 Å². The van der Waals surface area contributed by atoms with E-state index in [4.69, 9.17) is 22.1 Å². The highest BCUT2D eigenvalue weighted by molar-refractivity contribution is 6.30. The second kappa shape index (κ2) is 8.65. The Morgan fingerprint density at radius 2 is 1.75 bits per heavy atom. The summed E-state index contributed by atoms with van der Waals surface area (Å²) in [6, 6.07) is 6.21. The molecule has 2 N–H and O–H groups in total. The fourth-order valence-corrected chi connectivity index (χ4v) is 2.82. The molecule has 170 valence electrons. The molecule has 1 aromatic carbocycles. The number of benzene rings is 1. The molecule has 0 atom stereocenters. The summed E-state index contributed by atoms with van der Waals surface area (Å²) in [4.78, 5) is 11.9. The van der Waals surface area contributed by atoms with Crippen molar-refractivity contribution < 1.29 is 40.4 Å². The monoisotopic (exact) mass is 480 g/mol. The number of carbonyl (C=O) groups is 1. The van der Waals surface area contributed by atoms with Crippen LogP contribution in [0.4, 0.5) is 26.3 Å². The van der Waals surface area contributed by atoms with Crippen LogP contribution in [0.5, 0.6) is 5.88 Å². The molecule has 0 aliphatic carbocycles. The second-order valence-electron chi connectivity index (χ2n) is 6.34. The number of rotatable bonds is 6. The molecule has 0 fully saturated rings. The Kier molecular flexibility index (Phi) is 6.30. The van der Waals surface area contributed by atoms with Crippen LogP contribution in [0.25, 0.3) is 11.1 Å². The Morgan fingerprint density at radius 3 is 2.28 bits per heavy atom. The van der Waals surface area contributed by atoms with Crippen molar-refractivity contribution >= 4 is 17.5 Å². The Labute approximate surface area is 180 Å². The lowest BCUT2D eigenvalue weighted by atomic mass is 9.95. The summed E-state index contributed by atoms with van der Waals surface area (Å²) in [5, 5.41) is 10.6. The molecule has 0 unspecified atom stereocenters. The van der Waals surface area contributed by atoms with Crippen molar-refractivity contribution in [3.8, 4) is 17.0 Å². The first-order valence-electron chi connectivity index (χ1n) is 8.53. The number of hydrogen-bond donors (Lipinski definition) is 1. The van der Waals surface area contributed by atoms with Gasteiger partial charge in [0.15, 0.2) is 12.3 Å². The van der Waals surface area contributed by atoms with Crippen molar-refractivity contribution in [3.63, 3.8) is 0 Å². The van der Waals surface area contributed by atoms with Crippen molar-refractivity contribution in [2.45, 2.75) is 18.8 Å². The smallest absolute Gasteiger partial charge is 0.452 e. The molecule has 0 radical (unpaired) electrons.